The lowest BCUT2D eigenvalue weighted by molar-refractivity contribution is -0.140. The van der Waals surface area contributed by atoms with Crippen molar-refractivity contribution in [2.45, 2.75) is 52.0 Å². The van der Waals surface area contributed by atoms with Gasteiger partial charge in [0.05, 0.1) is 12.8 Å². The van der Waals surface area contributed by atoms with Gasteiger partial charge in [-0.15, -0.1) is 0 Å². The summed E-state index contributed by atoms with van der Waals surface area (Å²) >= 11 is 0. The summed E-state index contributed by atoms with van der Waals surface area (Å²) in [5, 5.41) is 8.87. The number of carboxylic acid groups (broad SMARTS) is 1. The van der Waals surface area contributed by atoms with Gasteiger partial charge in [0.2, 0.25) is 5.91 Å². The van der Waals surface area contributed by atoms with Crippen molar-refractivity contribution in [2.24, 2.45) is 0 Å². The van der Waals surface area contributed by atoms with Gasteiger partial charge in [-0.1, -0.05) is 18.2 Å². The molecular formula is C17H23NO3. The van der Waals surface area contributed by atoms with Gasteiger partial charge in [0.15, 0.2) is 0 Å². The van der Waals surface area contributed by atoms with Crippen LogP contribution in [-0.2, 0) is 28.9 Å². The topological polar surface area (TPSA) is 57.6 Å². The summed E-state index contributed by atoms with van der Waals surface area (Å²) in [6.45, 7) is 4.22. The number of carbonyl (C=O) groups excluding carboxylic acids is 1. The van der Waals surface area contributed by atoms with Crippen LogP contribution in [0.1, 0.15) is 43.4 Å². The summed E-state index contributed by atoms with van der Waals surface area (Å²) in [4.78, 5) is 24.9. The Kier molecular flexibility index (Phi) is 4.99. The number of hydrogen-bond acceptors (Lipinski definition) is 2. The van der Waals surface area contributed by atoms with Gasteiger partial charge in [0, 0.05) is 12.6 Å². The smallest absolute Gasteiger partial charge is 0.305 e. The van der Waals surface area contributed by atoms with Crippen LogP contribution in [0.5, 0.6) is 0 Å². The number of aliphatic carboxylic acids is 1. The van der Waals surface area contributed by atoms with Gasteiger partial charge in [-0.05, 0) is 49.8 Å². The number of carboxylic acids is 1. The maximum atomic E-state index is 12.4. The number of nitrogens with zero attached hydrogens (tertiary/aromatic N) is 1. The molecule has 4 nitrogen and oxygen atoms in total. The maximum Gasteiger partial charge on any atom is 0.305 e. The number of likely N-dealkylation sites (N-methyl/N-ethyl adjacent to an activating group) is 1. The average Bonchev–Trinajstić information content (AvgIpc) is 2.85. The van der Waals surface area contributed by atoms with E-state index < -0.39 is 5.97 Å². The van der Waals surface area contributed by atoms with Gasteiger partial charge in [0.1, 0.15) is 0 Å². The molecule has 0 aromatic heterocycles. The number of hydrogen-bond donors (Lipinski definition) is 1. The number of amides is 1. The zero-order chi connectivity index (χ0) is 15.4. The molecule has 114 valence electrons. The largest absolute Gasteiger partial charge is 0.481 e. The molecule has 0 heterocycles. The highest BCUT2D eigenvalue weighted by Gasteiger charge is 2.21. The lowest BCUT2D eigenvalue weighted by atomic mass is 10.0. The molecule has 0 radical (unpaired) electrons. The Morgan fingerprint density at radius 1 is 1.29 bits per heavy atom. The van der Waals surface area contributed by atoms with Crippen LogP contribution in [0.15, 0.2) is 18.2 Å². The Morgan fingerprint density at radius 3 is 2.67 bits per heavy atom. The molecule has 0 aliphatic heterocycles. The standard InChI is InChI=1S/C17H23NO3/c1-3-18(12(2)9-17(20)21)16(19)11-13-7-8-14-5-4-6-15(14)10-13/h7-8,10,12H,3-6,9,11H2,1-2H3,(H,20,21). The van der Waals surface area contributed by atoms with E-state index >= 15 is 0 Å². The van der Waals surface area contributed by atoms with E-state index in [0.717, 1.165) is 18.4 Å². The Morgan fingerprint density at radius 2 is 2.00 bits per heavy atom. The number of benzene rings is 1. The molecule has 21 heavy (non-hydrogen) atoms. The van der Waals surface area contributed by atoms with E-state index in [0.29, 0.717) is 13.0 Å². The monoisotopic (exact) mass is 289 g/mol. The Balaban J connectivity index is 2.03. The van der Waals surface area contributed by atoms with Crippen LogP contribution in [0.4, 0.5) is 0 Å². The van der Waals surface area contributed by atoms with Gasteiger partial charge < -0.3 is 10.0 Å². The first kappa shape index (κ1) is 15.5. The molecule has 0 spiro atoms. The SMILES string of the molecule is CCN(C(=O)Cc1ccc2c(c1)CCC2)C(C)CC(=O)O. The van der Waals surface area contributed by atoms with Crippen molar-refractivity contribution in [1.29, 1.82) is 0 Å². The highest BCUT2D eigenvalue weighted by atomic mass is 16.4. The Hall–Kier alpha value is -1.84. The normalized spacial score (nSPS) is 14.6. The number of aryl methyl sites for hydroxylation is 2. The van der Waals surface area contributed by atoms with Crippen molar-refractivity contribution in [3.05, 3.63) is 34.9 Å². The van der Waals surface area contributed by atoms with E-state index in [1.165, 1.54) is 17.5 Å². The highest BCUT2D eigenvalue weighted by molar-refractivity contribution is 5.80. The zero-order valence-electron chi connectivity index (χ0n) is 12.8. The molecule has 0 saturated heterocycles. The second-order valence-corrected chi connectivity index (χ2v) is 5.76. The van der Waals surface area contributed by atoms with Gasteiger partial charge >= 0.3 is 5.97 Å². The van der Waals surface area contributed by atoms with E-state index in [1.807, 2.05) is 13.0 Å². The molecule has 1 aromatic carbocycles. The van der Waals surface area contributed by atoms with Crippen molar-refractivity contribution in [1.82, 2.24) is 4.90 Å². The van der Waals surface area contributed by atoms with Gasteiger partial charge in [-0.3, -0.25) is 9.59 Å². The first-order valence-electron chi connectivity index (χ1n) is 7.63. The minimum atomic E-state index is -0.869. The first-order valence-corrected chi connectivity index (χ1v) is 7.63. The molecule has 1 atom stereocenters. The summed E-state index contributed by atoms with van der Waals surface area (Å²) in [7, 11) is 0. The third-order valence-electron chi connectivity index (χ3n) is 4.18. The fraction of sp³-hybridized carbons (Fsp3) is 0.529. The molecule has 0 saturated carbocycles. The van der Waals surface area contributed by atoms with Crippen LogP contribution < -0.4 is 0 Å². The molecule has 1 aliphatic rings. The summed E-state index contributed by atoms with van der Waals surface area (Å²) in [5.74, 6) is -0.865. The first-order chi connectivity index (χ1) is 10.0. The average molecular weight is 289 g/mol. The van der Waals surface area contributed by atoms with E-state index in [2.05, 4.69) is 12.1 Å². The highest BCUT2D eigenvalue weighted by Crippen LogP contribution is 2.23. The molecule has 1 aliphatic carbocycles. The molecule has 0 bridgehead atoms. The minimum Gasteiger partial charge on any atom is -0.481 e. The minimum absolute atomic E-state index is 0.00389. The van der Waals surface area contributed by atoms with Crippen LogP contribution in [0, 0.1) is 0 Å². The molecule has 1 N–H and O–H groups in total. The fourth-order valence-electron chi connectivity index (χ4n) is 3.11. The van der Waals surface area contributed by atoms with E-state index in [-0.39, 0.29) is 18.4 Å². The number of fused-ring (bicyclic) bond motifs is 1. The van der Waals surface area contributed by atoms with E-state index in [1.54, 1.807) is 11.8 Å². The van der Waals surface area contributed by atoms with Crippen molar-refractivity contribution < 1.29 is 14.7 Å². The predicted octanol–water partition coefficient (Wildman–Crippen LogP) is 2.43. The fourth-order valence-corrected chi connectivity index (χ4v) is 3.11. The van der Waals surface area contributed by atoms with E-state index in [4.69, 9.17) is 5.11 Å². The van der Waals surface area contributed by atoms with Gasteiger partial charge in [0.25, 0.3) is 0 Å². The summed E-state index contributed by atoms with van der Waals surface area (Å²) in [5.41, 5.74) is 3.79. The van der Waals surface area contributed by atoms with Crippen molar-refractivity contribution in [3.8, 4) is 0 Å². The summed E-state index contributed by atoms with van der Waals surface area (Å²) < 4.78 is 0. The Bertz CT molecular complexity index is 539. The summed E-state index contributed by atoms with van der Waals surface area (Å²) in [6.07, 6.45) is 3.78. The molecule has 1 unspecified atom stereocenters. The van der Waals surface area contributed by atoms with Crippen LogP contribution in [-0.4, -0.2) is 34.5 Å². The van der Waals surface area contributed by atoms with Gasteiger partial charge in [-0.25, -0.2) is 0 Å². The molecular weight excluding hydrogens is 266 g/mol. The van der Waals surface area contributed by atoms with E-state index in [9.17, 15) is 9.59 Å². The lowest BCUT2D eigenvalue weighted by Crippen LogP contribution is -2.40. The number of rotatable bonds is 6. The van der Waals surface area contributed by atoms with Crippen LogP contribution in [0.25, 0.3) is 0 Å². The predicted molar refractivity (Wildman–Crippen MR) is 81.3 cm³/mol. The molecule has 1 aromatic rings. The van der Waals surface area contributed by atoms with Crippen LogP contribution >= 0.6 is 0 Å². The third-order valence-corrected chi connectivity index (χ3v) is 4.18. The lowest BCUT2D eigenvalue weighted by Gasteiger charge is -2.27. The number of carbonyl (C=O) groups is 2. The zero-order valence-corrected chi connectivity index (χ0v) is 12.8. The molecule has 0 fully saturated rings. The van der Waals surface area contributed by atoms with Crippen LogP contribution in [0.3, 0.4) is 0 Å². The van der Waals surface area contributed by atoms with Crippen molar-refractivity contribution in [2.75, 3.05) is 6.54 Å². The molecule has 1 amide bonds. The second kappa shape index (κ2) is 6.74. The maximum absolute atomic E-state index is 12.4. The van der Waals surface area contributed by atoms with Crippen LogP contribution in [0.2, 0.25) is 0 Å². The van der Waals surface area contributed by atoms with Gasteiger partial charge in [-0.2, -0.15) is 0 Å². The van der Waals surface area contributed by atoms with Crippen molar-refractivity contribution in [3.63, 3.8) is 0 Å². The summed E-state index contributed by atoms with van der Waals surface area (Å²) in [6, 6.07) is 6.02. The molecule has 2 rings (SSSR count). The van der Waals surface area contributed by atoms with Crippen molar-refractivity contribution >= 4 is 11.9 Å². The quantitative estimate of drug-likeness (QED) is 0.875. The molecule has 4 heteroatoms. The third kappa shape index (κ3) is 3.84. The Labute approximate surface area is 125 Å². The second-order valence-electron chi connectivity index (χ2n) is 5.76.